The summed E-state index contributed by atoms with van der Waals surface area (Å²) in [6.45, 7) is 8.69. The fourth-order valence-corrected chi connectivity index (χ4v) is 6.48. The summed E-state index contributed by atoms with van der Waals surface area (Å²) in [6.07, 6.45) is 4.42. The highest BCUT2D eigenvalue weighted by Crippen LogP contribution is 2.44. The molecule has 3 aromatic rings. The fraction of sp³-hybridized carbons (Fsp3) is 0.452. The maximum Gasteiger partial charge on any atom is 0.318 e. The molecule has 210 valence electrons. The number of hydrogen-bond donors (Lipinski definition) is 1. The molecule has 0 saturated carbocycles. The Hall–Kier alpha value is -3.85. The van der Waals surface area contributed by atoms with Gasteiger partial charge in [-0.2, -0.15) is 9.97 Å². The van der Waals surface area contributed by atoms with Gasteiger partial charge in [0.15, 0.2) is 5.82 Å². The van der Waals surface area contributed by atoms with Gasteiger partial charge in [-0.15, -0.1) is 0 Å². The van der Waals surface area contributed by atoms with Crippen molar-refractivity contribution in [2.75, 3.05) is 69.8 Å². The summed E-state index contributed by atoms with van der Waals surface area (Å²) in [7, 11) is 4.24. The number of piperazine rings is 1. The number of fused-ring (bicyclic) bond motifs is 2. The van der Waals surface area contributed by atoms with Crippen LogP contribution in [0.4, 0.5) is 11.5 Å². The van der Waals surface area contributed by atoms with Crippen molar-refractivity contribution in [2.45, 2.75) is 31.2 Å². The van der Waals surface area contributed by atoms with E-state index in [1.165, 1.54) is 12.5 Å². The molecule has 0 radical (unpaired) electrons. The maximum absolute atomic E-state index is 12.2. The Morgan fingerprint density at radius 1 is 1.12 bits per heavy atom. The molecule has 2 fully saturated rings. The van der Waals surface area contributed by atoms with Gasteiger partial charge < -0.3 is 29.4 Å². The molecule has 2 atom stereocenters. The summed E-state index contributed by atoms with van der Waals surface area (Å²) in [5.41, 5.74) is 3.12. The summed E-state index contributed by atoms with van der Waals surface area (Å²) < 4.78 is 6.29. The second-order valence-electron chi connectivity index (χ2n) is 11.3. The van der Waals surface area contributed by atoms with Crippen LogP contribution in [0.5, 0.6) is 11.8 Å². The largest absolute Gasteiger partial charge is 0.508 e. The molecule has 6 rings (SSSR count). The molecular weight excluding hydrogens is 504 g/mol. The molecule has 2 saturated heterocycles. The van der Waals surface area contributed by atoms with E-state index in [0.29, 0.717) is 44.8 Å². The maximum atomic E-state index is 12.2. The van der Waals surface area contributed by atoms with Crippen LogP contribution in [-0.4, -0.2) is 96.8 Å². The molecular formula is C31H38N6O3. The van der Waals surface area contributed by atoms with E-state index in [0.717, 1.165) is 59.5 Å². The van der Waals surface area contributed by atoms with Gasteiger partial charge in [0.25, 0.3) is 0 Å². The predicted molar refractivity (Wildman–Crippen MR) is 157 cm³/mol. The lowest BCUT2D eigenvalue weighted by Crippen LogP contribution is -2.48. The minimum Gasteiger partial charge on any atom is -0.508 e. The first-order chi connectivity index (χ1) is 19.4. The number of amides is 1. The van der Waals surface area contributed by atoms with Crippen molar-refractivity contribution in [3.8, 4) is 11.8 Å². The number of likely N-dealkylation sites (tertiary alicyclic amines) is 1. The van der Waals surface area contributed by atoms with E-state index < -0.39 is 0 Å². The van der Waals surface area contributed by atoms with Crippen molar-refractivity contribution in [1.82, 2.24) is 19.8 Å². The van der Waals surface area contributed by atoms with Gasteiger partial charge >= 0.3 is 6.01 Å². The molecule has 1 amide bonds. The third-order valence-corrected chi connectivity index (χ3v) is 8.68. The normalized spacial score (nSPS) is 21.2. The van der Waals surface area contributed by atoms with E-state index in [1.807, 2.05) is 35.2 Å². The number of aromatic hydroxyl groups is 1. The standard InChI is InChI=1S/C31H38N6O3/c1-4-27(39)36-12-14-37(15-13-36)30-29-28(32-31(33-30)40-20-24-9-7-11-34(24)2)23(19-35(29)3)16-22-18-25(38)17-21-8-5-6-10-26(21)22/h4-6,8,10,17-18,23-24,38H,1,7,9,11-16,19-20H2,2-3H3/t23-,24-/m0/s1. The minimum atomic E-state index is -0.0344. The molecule has 0 bridgehead atoms. The highest BCUT2D eigenvalue weighted by Gasteiger charge is 2.36. The number of likely N-dealkylation sites (N-methyl/N-ethyl adjacent to an activating group) is 2. The average molecular weight is 543 g/mol. The third-order valence-electron chi connectivity index (χ3n) is 8.68. The van der Waals surface area contributed by atoms with E-state index in [2.05, 4.69) is 41.4 Å². The Balaban J connectivity index is 1.34. The summed E-state index contributed by atoms with van der Waals surface area (Å²) in [5, 5.41) is 12.6. The van der Waals surface area contributed by atoms with E-state index in [-0.39, 0.29) is 17.6 Å². The van der Waals surface area contributed by atoms with Crippen LogP contribution in [0.1, 0.15) is 30.0 Å². The Morgan fingerprint density at radius 2 is 1.93 bits per heavy atom. The summed E-state index contributed by atoms with van der Waals surface area (Å²) in [5.74, 6) is 1.23. The molecule has 9 nitrogen and oxygen atoms in total. The average Bonchev–Trinajstić information content (AvgIpc) is 3.52. The Bertz CT molecular complexity index is 1420. The SMILES string of the molecule is C=CC(=O)N1CCN(c2nc(OC[C@@H]3CCCN3C)nc3c2N(C)C[C@@H]3Cc2cc(O)cc3ccccc23)CC1. The van der Waals surface area contributed by atoms with Gasteiger partial charge in [-0.3, -0.25) is 4.79 Å². The Morgan fingerprint density at radius 3 is 2.67 bits per heavy atom. The molecule has 1 aromatic heterocycles. The zero-order chi connectivity index (χ0) is 27.8. The number of aromatic nitrogens is 2. The number of anilines is 2. The molecule has 4 heterocycles. The van der Waals surface area contributed by atoms with Crippen LogP contribution in [0.15, 0.2) is 49.1 Å². The third kappa shape index (κ3) is 5.06. The van der Waals surface area contributed by atoms with Crippen molar-refractivity contribution in [3.05, 3.63) is 60.3 Å². The quantitative estimate of drug-likeness (QED) is 0.455. The van der Waals surface area contributed by atoms with E-state index in [9.17, 15) is 9.90 Å². The first-order valence-electron chi connectivity index (χ1n) is 14.2. The Labute approximate surface area is 235 Å². The summed E-state index contributed by atoms with van der Waals surface area (Å²) in [4.78, 5) is 30.9. The number of phenolic OH excluding ortho intramolecular Hbond substituents is 1. The van der Waals surface area contributed by atoms with Crippen molar-refractivity contribution < 1.29 is 14.6 Å². The number of carbonyl (C=O) groups excluding carboxylic acids is 1. The van der Waals surface area contributed by atoms with Crippen LogP contribution in [0.2, 0.25) is 0 Å². The van der Waals surface area contributed by atoms with Crippen LogP contribution in [0.3, 0.4) is 0 Å². The molecule has 40 heavy (non-hydrogen) atoms. The molecule has 3 aliphatic rings. The molecule has 3 aliphatic heterocycles. The van der Waals surface area contributed by atoms with Crippen molar-refractivity contribution in [1.29, 1.82) is 0 Å². The molecule has 2 aromatic carbocycles. The lowest BCUT2D eigenvalue weighted by molar-refractivity contribution is -0.126. The van der Waals surface area contributed by atoms with Gasteiger partial charge in [-0.1, -0.05) is 30.8 Å². The van der Waals surface area contributed by atoms with E-state index in [1.54, 1.807) is 0 Å². The van der Waals surface area contributed by atoms with E-state index >= 15 is 0 Å². The van der Waals surface area contributed by atoms with Gasteiger partial charge in [0, 0.05) is 51.7 Å². The number of phenols is 1. The van der Waals surface area contributed by atoms with Crippen LogP contribution in [-0.2, 0) is 11.2 Å². The van der Waals surface area contributed by atoms with E-state index in [4.69, 9.17) is 14.7 Å². The van der Waals surface area contributed by atoms with Gasteiger partial charge in [-0.25, -0.2) is 0 Å². The van der Waals surface area contributed by atoms with Crippen LogP contribution < -0.4 is 14.5 Å². The fourth-order valence-electron chi connectivity index (χ4n) is 6.48. The molecule has 9 heteroatoms. The molecule has 0 spiro atoms. The van der Waals surface area contributed by atoms with Gasteiger partial charge in [0.05, 0.1) is 5.69 Å². The smallest absolute Gasteiger partial charge is 0.318 e. The van der Waals surface area contributed by atoms with Crippen molar-refractivity contribution in [2.24, 2.45) is 0 Å². The number of rotatable bonds is 7. The number of hydrogen-bond acceptors (Lipinski definition) is 8. The van der Waals surface area contributed by atoms with Crippen molar-refractivity contribution >= 4 is 28.2 Å². The summed E-state index contributed by atoms with van der Waals surface area (Å²) in [6, 6.07) is 12.7. The first kappa shape index (κ1) is 26.4. The highest BCUT2D eigenvalue weighted by atomic mass is 16.5. The molecule has 0 aliphatic carbocycles. The van der Waals surface area contributed by atoms with Crippen LogP contribution in [0.25, 0.3) is 10.8 Å². The summed E-state index contributed by atoms with van der Waals surface area (Å²) >= 11 is 0. The number of carbonyl (C=O) groups is 1. The number of ether oxygens (including phenoxy) is 1. The first-order valence-corrected chi connectivity index (χ1v) is 14.2. The zero-order valence-electron chi connectivity index (χ0n) is 23.4. The minimum absolute atomic E-state index is 0.0344. The van der Waals surface area contributed by atoms with Gasteiger partial charge in [-0.05, 0) is 67.4 Å². The second-order valence-corrected chi connectivity index (χ2v) is 11.3. The lowest BCUT2D eigenvalue weighted by atomic mass is 9.93. The highest BCUT2D eigenvalue weighted by molar-refractivity contribution is 5.88. The molecule has 1 N–H and O–H groups in total. The Kier molecular flexibility index (Phi) is 7.23. The molecule has 0 unspecified atom stereocenters. The number of benzene rings is 2. The monoisotopic (exact) mass is 542 g/mol. The topological polar surface area (TPSA) is 85.3 Å². The van der Waals surface area contributed by atoms with Gasteiger partial charge in [0.1, 0.15) is 18.0 Å². The zero-order valence-corrected chi connectivity index (χ0v) is 23.4. The predicted octanol–water partition coefficient (Wildman–Crippen LogP) is 3.42. The van der Waals surface area contributed by atoms with Crippen LogP contribution >= 0.6 is 0 Å². The number of nitrogens with zero attached hydrogens (tertiary/aromatic N) is 6. The van der Waals surface area contributed by atoms with Gasteiger partial charge in [0.2, 0.25) is 5.91 Å². The van der Waals surface area contributed by atoms with Crippen molar-refractivity contribution in [3.63, 3.8) is 0 Å². The van der Waals surface area contributed by atoms with Crippen LogP contribution in [0, 0.1) is 0 Å². The second kappa shape index (κ2) is 11.0. The lowest BCUT2D eigenvalue weighted by Gasteiger charge is -2.36.